The minimum absolute atomic E-state index is 1.18. The van der Waals surface area contributed by atoms with Gasteiger partial charge >= 0.3 is 0 Å². The molecule has 108 heavy (non-hydrogen) atoms. The molecule has 0 atom stereocenters. The summed E-state index contributed by atoms with van der Waals surface area (Å²) in [7, 11) is 0. The van der Waals surface area contributed by atoms with Crippen molar-refractivity contribution in [2.45, 2.75) is 0 Å². The molecular weight excluding hydrogens is 1380 g/mol. The highest BCUT2D eigenvalue weighted by atomic mass is 32.1. The van der Waals surface area contributed by atoms with Gasteiger partial charge in [0.25, 0.3) is 0 Å². The van der Waals surface area contributed by atoms with Crippen LogP contribution in [-0.4, -0.2) is 0 Å². The zero-order valence-electron chi connectivity index (χ0n) is 58.1. The highest BCUT2D eigenvalue weighted by molar-refractivity contribution is 7.27. The second kappa shape index (κ2) is 23.4. The lowest BCUT2D eigenvalue weighted by molar-refractivity contribution is 1.63. The summed E-state index contributed by atoms with van der Waals surface area (Å²) in [6, 6.07) is 134. The summed E-state index contributed by atoms with van der Waals surface area (Å²) in [4.78, 5) is 0. The lowest BCUT2D eigenvalue weighted by Gasteiger charge is -2.20. The fourth-order valence-corrected chi connectivity index (χ4v) is 23.3. The Morgan fingerprint density at radius 1 is 0.139 bits per heavy atom. The Morgan fingerprint density at radius 2 is 0.546 bits per heavy atom. The molecule has 4 heterocycles. The van der Waals surface area contributed by atoms with Crippen LogP contribution in [0, 0.1) is 0 Å². The Hall–Kier alpha value is -12.6. The zero-order chi connectivity index (χ0) is 70.4. The largest absolute Gasteiger partial charge is 0.135 e. The Kier molecular flexibility index (Phi) is 13.1. The van der Waals surface area contributed by atoms with Crippen molar-refractivity contribution >= 4 is 212 Å². The number of benzene rings is 20. The second-order valence-electron chi connectivity index (χ2n) is 29.1. The summed E-state index contributed by atoms with van der Waals surface area (Å²) in [5.41, 5.74) is 17.1. The van der Waals surface area contributed by atoms with E-state index in [0.29, 0.717) is 0 Å². The molecular formula is C104H58S4. The van der Waals surface area contributed by atoms with Crippen molar-refractivity contribution in [1.82, 2.24) is 0 Å². The minimum atomic E-state index is 1.18. The topological polar surface area (TPSA) is 0 Å². The third-order valence-electron chi connectivity index (χ3n) is 23.4. The summed E-state index contributed by atoms with van der Waals surface area (Å²) in [6.07, 6.45) is 0. The maximum Gasteiger partial charge on any atom is 0.0434 e. The Bertz CT molecular complexity index is 7950. The molecule has 0 aliphatic rings. The molecule has 24 rings (SSSR count). The van der Waals surface area contributed by atoms with Crippen molar-refractivity contribution in [3.05, 3.63) is 352 Å². The normalized spacial score (nSPS) is 12.3. The molecule has 0 spiro atoms. The van der Waals surface area contributed by atoms with Crippen molar-refractivity contribution in [3.63, 3.8) is 0 Å². The molecule has 0 fully saturated rings. The molecule has 0 unspecified atom stereocenters. The van der Waals surface area contributed by atoms with E-state index in [9.17, 15) is 0 Å². The highest BCUT2D eigenvalue weighted by Gasteiger charge is 2.25. The number of fused-ring (bicyclic) bond motifs is 23. The van der Waals surface area contributed by atoms with Crippen LogP contribution in [0.1, 0.15) is 0 Å². The van der Waals surface area contributed by atoms with Crippen LogP contribution in [0.2, 0.25) is 0 Å². The minimum Gasteiger partial charge on any atom is -0.135 e. The number of hydrogen-bond acceptors (Lipinski definition) is 4. The van der Waals surface area contributed by atoms with Crippen LogP contribution in [-0.2, 0) is 0 Å². The third-order valence-corrected chi connectivity index (χ3v) is 28.0. The van der Waals surface area contributed by atoms with E-state index in [-0.39, 0.29) is 0 Å². The predicted octanol–water partition coefficient (Wildman–Crippen LogP) is 32.1. The summed E-state index contributed by atoms with van der Waals surface area (Å²) in [5, 5.41) is 30.7. The van der Waals surface area contributed by atoms with Gasteiger partial charge < -0.3 is 0 Å². The Labute approximate surface area is 636 Å². The monoisotopic (exact) mass is 1430 g/mol. The lowest BCUT2D eigenvalue weighted by Crippen LogP contribution is -1.93. The van der Waals surface area contributed by atoms with E-state index >= 15 is 0 Å². The van der Waals surface area contributed by atoms with E-state index in [2.05, 4.69) is 352 Å². The molecule has 498 valence electrons. The summed E-state index contributed by atoms with van der Waals surface area (Å²) >= 11 is 7.64. The van der Waals surface area contributed by atoms with Gasteiger partial charge in [0, 0.05) is 91.6 Å². The summed E-state index contributed by atoms with van der Waals surface area (Å²) in [5.74, 6) is 0. The Morgan fingerprint density at radius 3 is 1.18 bits per heavy atom. The van der Waals surface area contributed by atoms with Crippen LogP contribution in [0.3, 0.4) is 0 Å². The maximum absolute atomic E-state index is 2.52. The van der Waals surface area contributed by atoms with Crippen LogP contribution >= 0.6 is 45.3 Å². The van der Waals surface area contributed by atoms with Gasteiger partial charge in [0.05, 0.1) is 0 Å². The van der Waals surface area contributed by atoms with Crippen molar-refractivity contribution < 1.29 is 0 Å². The quantitative estimate of drug-likeness (QED) is 0.140. The molecule has 4 aromatic heterocycles. The first-order chi connectivity index (χ1) is 53.5. The molecule has 4 heteroatoms. The molecule has 0 aliphatic carbocycles. The van der Waals surface area contributed by atoms with Gasteiger partial charge in [-0.15, -0.1) is 45.3 Å². The predicted molar refractivity (Wildman–Crippen MR) is 476 cm³/mol. The van der Waals surface area contributed by atoms with Gasteiger partial charge in [-0.05, 0) is 232 Å². The fourth-order valence-electron chi connectivity index (χ4n) is 18.7. The van der Waals surface area contributed by atoms with Crippen molar-refractivity contribution in [1.29, 1.82) is 0 Å². The highest BCUT2D eigenvalue weighted by Crippen LogP contribution is 2.54. The van der Waals surface area contributed by atoms with E-state index in [1.54, 1.807) is 0 Å². The standard InChI is InChI=1S/C104H58S4/c1-2-26-68-59(20-1)21-17-40-73(68)99-79-32-7-3-28-75(79)97(76-29-4-8-33-80(76)99)66-25-16-23-62(53-66)67-56-86(104-88(57-67)101-84-58-95-85(55-64(84)47-51-92(101)108-104)72-27-11-13-42-89(72)107-95)71-39-18-38-70-69(71)37-19-41-74(70)100-81-34-9-5-30-77(81)96(78-31-6-10-35-82(78)100)65-24-15-22-61(52-65)63-46-48-91-87(54-63)103-94(106-91)50-45-60-44-49-93-102(98(60)103)83-36-12-14-43-90(83)105-93/h1-58H. The van der Waals surface area contributed by atoms with Gasteiger partial charge in [-0.3, -0.25) is 0 Å². The first-order valence-electron chi connectivity index (χ1n) is 37.1. The number of thiophene rings is 4. The van der Waals surface area contributed by atoms with Crippen molar-refractivity contribution in [2.75, 3.05) is 0 Å². The molecule has 20 aromatic carbocycles. The van der Waals surface area contributed by atoms with Gasteiger partial charge in [-0.25, -0.2) is 0 Å². The van der Waals surface area contributed by atoms with Crippen molar-refractivity contribution in [2.24, 2.45) is 0 Å². The molecule has 0 N–H and O–H groups in total. The number of rotatable bonds is 7. The van der Waals surface area contributed by atoms with Gasteiger partial charge in [-0.2, -0.15) is 0 Å². The van der Waals surface area contributed by atoms with E-state index in [1.165, 1.54) is 245 Å². The van der Waals surface area contributed by atoms with Crippen LogP contribution < -0.4 is 0 Å². The van der Waals surface area contributed by atoms with Crippen LogP contribution in [0.4, 0.5) is 0 Å². The average Bonchev–Trinajstić information content (AvgIpc) is 1.33. The molecule has 0 saturated heterocycles. The van der Waals surface area contributed by atoms with E-state index in [4.69, 9.17) is 0 Å². The first kappa shape index (κ1) is 60.6. The average molecular weight is 1440 g/mol. The summed E-state index contributed by atoms with van der Waals surface area (Å²) < 4.78 is 10.5. The molecule has 0 amide bonds. The smallest absolute Gasteiger partial charge is 0.0434 e. The molecule has 0 nitrogen and oxygen atoms in total. The number of hydrogen-bond donors (Lipinski definition) is 0. The molecule has 0 aliphatic heterocycles. The molecule has 0 radical (unpaired) electrons. The third kappa shape index (κ3) is 8.95. The van der Waals surface area contributed by atoms with Gasteiger partial charge in [-0.1, -0.05) is 273 Å². The first-order valence-corrected chi connectivity index (χ1v) is 40.3. The van der Waals surface area contributed by atoms with E-state index in [1.807, 2.05) is 45.3 Å². The van der Waals surface area contributed by atoms with Crippen LogP contribution in [0.5, 0.6) is 0 Å². The van der Waals surface area contributed by atoms with Crippen LogP contribution in [0.15, 0.2) is 352 Å². The van der Waals surface area contributed by atoms with Gasteiger partial charge in [0.2, 0.25) is 0 Å². The lowest BCUT2D eigenvalue weighted by atomic mass is 9.83. The maximum atomic E-state index is 2.52. The Balaban J connectivity index is 0.691. The van der Waals surface area contributed by atoms with E-state index in [0.717, 1.165) is 0 Å². The zero-order valence-corrected chi connectivity index (χ0v) is 61.4. The van der Waals surface area contributed by atoms with E-state index < -0.39 is 0 Å². The molecule has 24 aromatic rings. The SMILES string of the molecule is c1cc(-c2cc(-c3cccc4c(-c5c6ccccc6c(-c6cccc(-c7ccc8sc9ccc%10ccc%11sc%12ccccc%12c%11c%10c9c8c7)c6)c6ccccc56)cccc34)c3sc4ccc5cc6c(cc5c4c3c2)sc2ccccc26)cc(-c2c3ccccc3c(-c3cccc4ccccc34)c3ccccc23)c1. The van der Waals surface area contributed by atoms with Gasteiger partial charge in [0.1, 0.15) is 0 Å². The molecule has 0 bridgehead atoms. The molecule has 0 saturated carbocycles. The second-order valence-corrected chi connectivity index (χ2v) is 33.4. The summed E-state index contributed by atoms with van der Waals surface area (Å²) in [6.45, 7) is 0. The van der Waals surface area contributed by atoms with Crippen LogP contribution in [0.25, 0.3) is 245 Å². The van der Waals surface area contributed by atoms with Crippen molar-refractivity contribution in [3.8, 4) is 77.9 Å². The fraction of sp³-hybridized carbons (Fsp3) is 0. The van der Waals surface area contributed by atoms with Gasteiger partial charge in [0.15, 0.2) is 0 Å².